The second-order valence-corrected chi connectivity index (χ2v) is 13.2. The Kier molecular flexibility index (Phi) is 10.3. The first kappa shape index (κ1) is 29.9. The van der Waals surface area contributed by atoms with Crippen LogP contribution in [0.2, 0.25) is 0 Å². The van der Waals surface area contributed by atoms with Gasteiger partial charge < -0.3 is 4.74 Å². The Morgan fingerprint density at radius 1 is 0.548 bits per heavy atom. The largest absolute Gasteiger partial charge is 0.378 e. The molecule has 0 aliphatic carbocycles. The Bertz CT molecular complexity index is 1310. The molecular formula is C37H41BN2OS. The molecule has 0 N–H and O–H groups in total. The second-order valence-electron chi connectivity index (χ2n) is 10.9. The molecule has 42 heavy (non-hydrogen) atoms. The van der Waals surface area contributed by atoms with Gasteiger partial charge in [0, 0.05) is 14.1 Å². The van der Waals surface area contributed by atoms with Crippen molar-refractivity contribution >= 4 is 39.3 Å². The van der Waals surface area contributed by atoms with Crippen molar-refractivity contribution in [3.63, 3.8) is 0 Å². The normalized spacial score (nSPS) is 14.6. The predicted octanol–water partition coefficient (Wildman–Crippen LogP) is 4.76. The second kappa shape index (κ2) is 14.5. The van der Waals surface area contributed by atoms with Crippen LogP contribution in [0.1, 0.15) is 5.56 Å². The summed E-state index contributed by atoms with van der Waals surface area (Å²) >= 11 is 0.0524. The highest BCUT2D eigenvalue weighted by molar-refractivity contribution is 7.92. The molecule has 0 aromatic heterocycles. The van der Waals surface area contributed by atoms with E-state index in [1.54, 1.807) is 0 Å². The lowest BCUT2D eigenvalue weighted by atomic mass is 9.13. The maximum atomic E-state index is 5.43. The molecule has 5 aromatic carbocycles. The third-order valence-corrected chi connectivity index (χ3v) is 10.2. The number of ether oxygens (including phenoxy) is 1. The Morgan fingerprint density at radius 2 is 0.905 bits per heavy atom. The summed E-state index contributed by atoms with van der Waals surface area (Å²) in [4.78, 5) is 1.39. The van der Waals surface area contributed by atoms with Crippen molar-refractivity contribution in [2.45, 2.75) is 11.8 Å². The van der Waals surface area contributed by atoms with Crippen molar-refractivity contribution < 1.29 is 4.74 Å². The van der Waals surface area contributed by atoms with E-state index in [-0.39, 0.29) is 11.3 Å². The lowest BCUT2D eigenvalue weighted by Gasteiger charge is -2.44. The summed E-state index contributed by atoms with van der Waals surface area (Å²) in [7, 11) is 4.30. The molecule has 0 spiro atoms. The molecule has 0 saturated carbocycles. The summed E-state index contributed by atoms with van der Waals surface area (Å²) < 4.78 is 10.2. The Balaban J connectivity index is 0.000000181. The van der Waals surface area contributed by atoms with Gasteiger partial charge in [-0.1, -0.05) is 143 Å². The number of morpholine rings is 1. The molecular weight excluding hydrogens is 531 g/mol. The number of rotatable bonds is 7. The molecule has 0 radical (unpaired) electrons. The van der Waals surface area contributed by atoms with Crippen LogP contribution < -0.4 is 21.9 Å². The summed E-state index contributed by atoms with van der Waals surface area (Å²) in [6, 6.07) is 52.4. The van der Waals surface area contributed by atoms with Crippen molar-refractivity contribution in [2.24, 2.45) is 0 Å². The minimum atomic E-state index is -1.22. The summed E-state index contributed by atoms with van der Waals surface area (Å²) in [6.07, 6.45) is -1.22. The highest BCUT2D eigenvalue weighted by Gasteiger charge is 2.36. The first-order valence-corrected chi connectivity index (χ1v) is 15.9. The van der Waals surface area contributed by atoms with Gasteiger partial charge in [0.15, 0.2) is 4.90 Å². The van der Waals surface area contributed by atoms with Crippen LogP contribution >= 0.6 is 0 Å². The summed E-state index contributed by atoms with van der Waals surface area (Å²) in [5, 5.41) is 0. The van der Waals surface area contributed by atoms with E-state index in [0.717, 1.165) is 26.3 Å². The molecule has 5 aromatic rings. The van der Waals surface area contributed by atoms with Crippen molar-refractivity contribution in [3.05, 3.63) is 151 Å². The molecule has 0 bridgehead atoms. The van der Waals surface area contributed by atoms with E-state index in [2.05, 4.69) is 175 Å². The van der Waals surface area contributed by atoms with Crippen LogP contribution in [0.3, 0.4) is 0 Å². The lowest BCUT2D eigenvalue weighted by molar-refractivity contribution is 0.0744. The maximum absolute atomic E-state index is 5.43. The average Bonchev–Trinajstić information content (AvgIpc) is 3.05. The summed E-state index contributed by atoms with van der Waals surface area (Å²) in [5.41, 5.74) is 6.67. The third-order valence-electron chi connectivity index (χ3n) is 7.99. The molecule has 0 amide bonds. The number of aryl methyl sites for hydroxylation is 1. The van der Waals surface area contributed by atoms with Crippen LogP contribution in [-0.2, 0) is 16.0 Å². The molecule has 1 unspecified atom stereocenters. The zero-order valence-electron chi connectivity index (χ0n) is 25.0. The zero-order valence-corrected chi connectivity index (χ0v) is 25.8. The van der Waals surface area contributed by atoms with Gasteiger partial charge in [0.1, 0.15) is 6.15 Å². The van der Waals surface area contributed by atoms with E-state index in [0.29, 0.717) is 0 Å². The summed E-state index contributed by atoms with van der Waals surface area (Å²) in [5.74, 6) is 0. The molecule has 1 aliphatic heterocycles. The number of hydrogen-bond acceptors (Lipinski definition) is 3. The zero-order chi connectivity index (χ0) is 29.2. The molecule has 3 nitrogen and oxygen atoms in total. The molecule has 1 aliphatic rings. The van der Waals surface area contributed by atoms with Gasteiger partial charge in [0.05, 0.1) is 26.3 Å². The van der Waals surface area contributed by atoms with Crippen molar-refractivity contribution in [1.29, 1.82) is 0 Å². The van der Waals surface area contributed by atoms with E-state index in [4.69, 9.17) is 4.74 Å². The van der Waals surface area contributed by atoms with E-state index in [1.807, 2.05) is 0 Å². The van der Waals surface area contributed by atoms with Crippen molar-refractivity contribution in [1.82, 2.24) is 8.61 Å². The molecule has 1 heterocycles. The fraction of sp³-hybridized carbons (Fsp3) is 0.189. The number of nitrogens with zero attached hydrogens (tertiary/aromatic N) is 2. The standard InChI is InChI=1S/C24H20B.C13H21N2OS/c1-5-13-21(14-6-1)25(22-15-7-2-8-16-22,23-17-9-3-10-18-23)24-19-11-4-12-20-24;1-12-4-6-13(7-5-12)17(14(2)3)15-8-10-16-11-9-15/h1-20H;4-7H,8-11H2,1-3H3/q-1;+1. The van der Waals surface area contributed by atoms with Gasteiger partial charge in [-0.15, -0.1) is 4.31 Å². The van der Waals surface area contributed by atoms with E-state index in [1.165, 1.54) is 32.3 Å². The van der Waals surface area contributed by atoms with Crippen LogP contribution in [0.4, 0.5) is 0 Å². The quantitative estimate of drug-likeness (QED) is 0.207. The molecule has 1 fully saturated rings. The van der Waals surface area contributed by atoms with Crippen LogP contribution in [0.15, 0.2) is 150 Å². The first-order chi connectivity index (χ1) is 20.6. The Labute approximate surface area is 255 Å². The minimum absolute atomic E-state index is 0.0524. The van der Waals surface area contributed by atoms with E-state index >= 15 is 0 Å². The fourth-order valence-corrected chi connectivity index (χ4v) is 8.15. The average molecular weight is 573 g/mol. The Morgan fingerprint density at radius 3 is 1.24 bits per heavy atom. The van der Waals surface area contributed by atoms with Crippen LogP contribution in [0.5, 0.6) is 0 Å². The summed E-state index contributed by atoms with van der Waals surface area (Å²) in [6.45, 7) is 5.88. The predicted molar refractivity (Wildman–Crippen MR) is 183 cm³/mol. The molecule has 5 heteroatoms. The first-order valence-electron chi connectivity index (χ1n) is 14.8. The van der Waals surface area contributed by atoms with Gasteiger partial charge >= 0.3 is 0 Å². The Hall–Kier alpha value is -3.61. The van der Waals surface area contributed by atoms with Gasteiger partial charge in [-0.3, -0.25) is 0 Å². The fourth-order valence-electron chi connectivity index (χ4n) is 6.09. The minimum Gasteiger partial charge on any atom is -0.378 e. The van der Waals surface area contributed by atoms with E-state index in [9.17, 15) is 0 Å². The van der Waals surface area contributed by atoms with Crippen molar-refractivity contribution in [2.75, 3.05) is 40.4 Å². The van der Waals surface area contributed by atoms with Crippen LogP contribution in [0.25, 0.3) is 0 Å². The highest BCUT2D eigenvalue weighted by atomic mass is 32.2. The SMILES string of the molecule is Cc1ccc([S+](N(C)C)N2CCOCC2)cc1.c1ccc([B-](c2ccccc2)(c2ccccc2)c2ccccc2)cc1. The van der Waals surface area contributed by atoms with Crippen LogP contribution in [-0.4, -0.2) is 55.2 Å². The van der Waals surface area contributed by atoms with Crippen LogP contribution in [0, 0.1) is 6.92 Å². The molecule has 214 valence electrons. The molecule has 1 saturated heterocycles. The monoisotopic (exact) mass is 572 g/mol. The van der Waals surface area contributed by atoms with E-state index < -0.39 is 6.15 Å². The van der Waals surface area contributed by atoms with Gasteiger partial charge in [-0.2, -0.15) is 21.9 Å². The topological polar surface area (TPSA) is 15.7 Å². The highest BCUT2D eigenvalue weighted by Crippen LogP contribution is 2.22. The number of hydrogen-bond donors (Lipinski definition) is 0. The van der Waals surface area contributed by atoms with Gasteiger partial charge in [-0.25, -0.2) is 0 Å². The lowest BCUT2D eigenvalue weighted by Crippen LogP contribution is -2.74. The smallest absolute Gasteiger partial charge is 0.207 e. The van der Waals surface area contributed by atoms with Gasteiger partial charge in [0.25, 0.3) is 0 Å². The van der Waals surface area contributed by atoms with Gasteiger partial charge in [-0.05, 0) is 19.1 Å². The maximum Gasteiger partial charge on any atom is 0.207 e. The molecule has 6 rings (SSSR count). The molecule has 1 atom stereocenters. The number of benzene rings is 5. The van der Waals surface area contributed by atoms with Crippen molar-refractivity contribution in [3.8, 4) is 0 Å². The third kappa shape index (κ3) is 6.72. The van der Waals surface area contributed by atoms with Gasteiger partial charge in [0.2, 0.25) is 11.3 Å².